The molecule has 0 aliphatic heterocycles. The number of anilines is 2. The Kier molecular flexibility index (Phi) is 3.10. The molecular weight excluding hydrogens is 234 g/mol. The summed E-state index contributed by atoms with van der Waals surface area (Å²) >= 11 is 1.34. The normalized spacial score (nSPS) is 10.2. The SMILES string of the molecule is Cc1ncsc1C(=O)N(C)c1ccccc1N. The molecule has 2 N–H and O–H groups in total. The van der Waals surface area contributed by atoms with Crippen molar-refractivity contribution < 1.29 is 4.79 Å². The third-order valence-corrected chi connectivity index (χ3v) is 3.46. The molecule has 5 heteroatoms. The van der Waals surface area contributed by atoms with Crippen molar-refractivity contribution in [1.29, 1.82) is 0 Å². The number of aromatic nitrogens is 1. The van der Waals surface area contributed by atoms with Gasteiger partial charge in [0.05, 0.1) is 22.6 Å². The lowest BCUT2D eigenvalue weighted by atomic mass is 10.2. The summed E-state index contributed by atoms with van der Waals surface area (Å²) in [7, 11) is 1.72. The number of hydrogen-bond acceptors (Lipinski definition) is 4. The summed E-state index contributed by atoms with van der Waals surface area (Å²) in [6.07, 6.45) is 0. The molecule has 17 heavy (non-hydrogen) atoms. The van der Waals surface area contributed by atoms with Crippen LogP contribution >= 0.6 is 11.3 Å². The van der Waals surface area contributed by atoms with Gasteiger partial charge in [0.2, 0.25) is 0 Å². The zero-order chi connectivity index (χ0) is 12.4. The van der Waals surface area contributed by atoms with E-state index in [1.54, 1.807) is 23.5 Å². The number of benzene rings is 1. The van der Waals surface area contributed by atoms with Crippen LogP contribution < -0.4 is 10.6 Å². The Labute approximate surface area is 104 Å². The molecule has 0 radical (unpaired) electrons. The molecule has 0 spiro atoms. The van der Waals surface area contributed by atoms with Gasteiger partial charge in [-0.1, -0.05) is 12.1 Å². The molecule has 0 saturated heterocycles. The van der Waals surface area contributed by atoms with E-state index in [9.17, 15) is 4.79 Å². The highest BCUT2D eigenvalue weighted by Crippen LogP contribution is 2.24. The summed E-state index contributed by atoms with van der Waals surface area (Å²) in [5.41, 5.74) is 9.57. The maximum atomic E-state index is 12.2. The number of amides is 1. The number of aryl methyl sites for hydroxylation is 1. The molecule has 2 aromatic rings. The van der Waals surface area contributed by atoms with Crippen molar-refractivity contribution in [3.05, 3.63) is 40.3 Å². The van der Waals surface area contributed by atoms with Crippen LogP contribution in [-0.4, -0.2) is 17.9 Å². The quantitative estimate of drug-likeness (QED) is 0.828. The standard InChI is InChI=1S/C12H13N3OS/c1-8-11(17-7-14-8)12(16)15(2)10-6-4-3-5-9(10)13/h3-7H,13H2,1-2H3. The molecule has 1 aromatic carbocycles. The Morgan fingerprint density at radius 3 is 2.71 bits per heavy atom. The minimum atomic E-state index is -0.0806. The van der Waals surface area contributed by atoms with Crippen molar-refractivity contribution in [3.63, 3.8) is 0 Å². The Morgan fingerprint density at radius 2 is 2.12 bits per heavy atom. The van der Waals surface area contributed by atoms with Gasteiger partial charge in [-0.05, 0) is 19.1 Å². The zero-order valence-electron chi connectivity index (χ0n) is 9.68. The van der Waals surface area contributed by atoms with E-state index in [0.717, 1.165) is 5.69 Å². The van der Waals surface area contributed by atoms with Gasteiger partial charge in [-0.2, -0.15) is 0 Å². The van der Waals surface area contributed by atoms with Crippen LogP contribution in [0.1, 0.15) is 15.4 Å². The highest BCUT2D eigenvalue weighted by atomic mass is 32.1. The first kappa shape index (κ1) is 11.6. The number of nitrogens with zero attached hydrogens (tertiary/aromatic N) is 2. The van der Waals surface area contributed by atoms with Crippen molar-refractivity contribution in [2.45, 2.75) is 6.92 Å². The third-order valence-electron chi connectivity index (χ3n) is 2.54. The molecule has 0 aliphatic rings. The van der Waals surface area contributed by atoms with Crippen LogP contribution in [-0.2, 0) is 0 Å². The smallest absolute Gasteiger partial charge is 0.270 e. The molecule has 0 saturated carbocycles. The lowest BCUT2D eigenvalue weighted by Crippen LogP contribution is -2.26. The van der Waals surface area contributed by atoms with E-state index in [4.69, 9.17) is 5.73 Å². The number of nitrogens with two attached hydrogens (primary N) is 1. The first-order valence-corrected chi connectivity index (χ1v) is 6.02. The van der Waals surface area contributed by atoms with Gasteiger partial charge in [0.1, 0.15) is 4.88 Å². The van der Waals surface area contributed by atoms with Gasteiger partial charge in [-0.3, -0.25) is 4.79 Å². The van der Waals surface area contributed by atoms with Gasteiger partial charge in [-0.15, -0.1) is 11.3 Å². The predicted octanol–water partition coefficient (Wildman–Crippen LogP) is 2.31. The van der Waals surface area contributed by atoms with Crippen molar-refractivity contribution >= 4 is 28.6 Å². The average molecular weight is 247 g/mol. The fraction of sp³-hybridized carbons (Fsp3) is 0.167. The number of rotatable bonds is 2. The van der Waals surface area contributed by atoms with Crippen LogP contribution in [0.4, 0.5) is 11.4 Å². The summed E-state index contributed by atoms with van der Waals surface area (Å²) in [5.74, 6) is -0.0806. The number of nitrogen functional groups attached to an aromatic ring is 1. The van der Waals surface area contributed by atoms with Crippen molar-refractivity contribution in [2.24, 2.45) is 0 Å². The number of carbonyl (C=O) groups excluding carboxylic acids is 1. The zero-order valence-corrected chi connectivity index (χ0v) is 10.5. The summed E-state index contributed by atoms with van der Waals surface area (Å²) in [5, 5.41) is 0. The Balaban J connectivity index is 2.33. The highest BCUT2D eigenvalue weighted by molar-refractivity contribution is 7.12. The fourth-order valence-corrected chi connectivity index (χ4v) is 2.34. The summed E-state index contributed by atoms with van der Waals surface area (Å²) in [6.45, 7) is 1.83. The number of carbonyl (C=O) groups is 1. The largest absolute Gasteiger partial charge is 0.397 e. The second kappa shape index (κ2) is 4.55. The minimum Gasteiger partial charge on any atom is -0.397 e. The van der Waals surface area contributed by atoms with Crippen LogP contribution in [0.5, 0.6) is 0 Å². The van der Waals surface area contributed by atoms with Gasteiger partial charge >= 0.3 is 0 Å². The van der Waals surface area contributed by atoms with Crippen LogP contribution in [0.3, 0.4) is 0 Å². The van der Waals surface area contributed by atoms with Crippen molar-refractivity contribution in [3.8, 4) is 0 Å². The summed E-state index contributed by atoms with van der Waals surface area (Å²) in [4.78, 5) is 18.5. The molecule has 0 atom stereocenters. The maximum Gasteiger partial charge on any atom is 0.270 e. The third kappa shape index (κ3) is 2.14. The van der Waals surface area contributed by atoms with Gasteiger partial charge < -0.3 is 10.6 Å². The number of hydrogen-bond donors (Lipinski definition) is 1. The van der Waals surface area contributed by atoms with Gasteiger partial charge in [0.25, 0.3) is 5.91 Å². The average Bonchev–Trinajstić information content (AvgIpc) is 2.74. The molecule has 0 aliphatic carbocycles. The lowest BCUT2D eigenvalue weighted by molar-refractivity contribution is 0.0996. The van der Waals surface area contributed by atoms with Crippen molar-refractivity contribution in [1.82, 2.24) is 4.98 Å². The van der Waals surface area contributed by atoms with E-state index < -0.39 is 0 Å². The molecular formula is C12H13N3OS. The first-order chi connectivity index (χ1) is 8.11. The second-order valence-corrected chi connectivity index (χ2v) is 4.54. The molecule has 0 unspecified atom stereocenters. The molecule has 88 valence electrons. The Hall–Kier alpha value is -1.88. The highest BCUT2D eigenvalue weighted by Gasteiger charge is 2.18. The Morgan fingerprint density at radius 1 is 1.41 bits per heavy atom. The molecule has 1 heterocycles. The summed E-state index contributed by atoms with van der Waals surface area (Å²) < 4.78 is 0. The van der Waals surface area contributed by atoms with Crippen LogP contribution in [0.25, 0.3) is 0 Å². The molecule has 1 amide bonds. The Bertz CT molecular complexity index is 550. The van der Waals surface area contributed by atoms with E-state index in [1.807, 2.05) is 25.1 Å². The lowest BCUT2D eigenvalue weighted by Gasteiger charge is -2.18. The summed E-state index contributed by atoms with van der Waals surface area (Å²) in [6, 6.07) is 7.30. The van der Waals surface area contributed by atoms with Gasteiger partial charge in [-0.25, -0.2) is 4.98 Å². The van der Waals surface area contributed by atoms with Crippen LogP contribution in [0, 0.1) is 6.92 Å². The molecule has 0 bridgehead atoms. The number of para-hydroxylation sites is 2. The number of thiazole rings is 1. The van der Waals surface area contributed by atoms with Gasteiger partial charge in [0, 0.05) is 7.05 Å². The van der Waals surface area contributed by atoms with Crippen LogP contribution in [0.15, 0.2) is 29.8 Å². The van der Waals surface area contributed by atoms with E-state index in [0.29, 0.717) is 16.3 Å². The van der Waals surface area contributed by atoms with E-state index in [-0.39, 0.29) is 5.91 Å². The first-order valence-electron chi connectivity index (χ1n) is 5.14. The van der Waals surface area contributed by atoms with E-state index in [1.165, 1.54) is 11.3 Å². The van der Waals surface area contributed by atoms with Crippen LogP contribution in [0.2, 0.25) is 0 Å². The molecule has 1 aromatic heterocycles. The minimum absolute atomic E-state index is 0.0806. The monoisotopic (exact) mass is 247 g/mol. The topological polar surface area (TPSA) is 59.2 Å². The fourth-order valence-electron chi connectivity index (χ4n) is 1.56. The van der Waals surface area contributed by atoms with E-state index in [2.05, 4.69) is 4.98 Å². The second-order valence-electron chi connectivity index (χ2n) is 3.69. The molecule has 4 nitrogen and oxygen atoms in total. The van der Waals surface area contributed by atoms with Gasteiger partial charge in [0.15, 0.2) is 0 Å². The van der Waals surface area contributed by atoms with Crippen molar-refractivity contribution in [2.75, 3.05) is 17.7 Å². The maximum absolute atomic E-state index is 12.2. The molecule has 2 rings (SSSR count). The predicted molar refractivity (Wildman–Crippen MR) is 70.4 cm³/mol. The van der Waals surface area contributed by atoms with E-state index >= 15 is 0 Å². The molecule has 0 fully saturated rings.